The number of nitrogens with one attached hydrogen (secondary N) is 4. The first-order valence-electron chi connectivity index (χ1n) is 14.8. The summed E-state index contributed by atoms with van der Waals surface area (Å²) in [5.74, 6) is -5.76. The number of carboxylic acid groups (broad SMARTS) is 1. The minimum Gasteiger partial charge on any atom is -0.481 e. The summed E-state index contributed by atoms with van der Waals surface area (Å²) in [6.45, 7) is 1.36. The summed E-state index contributed by atoms with van der Waals surface area (Å²) in [5, 5.41) is 28.5. The molecule has 45 heavy (non-hydrogen) atoms. The first-order chi connectivity index (χ1) is 21.2. The second kappa shape index (κ2) is 20.0. The van der Waals surface area contributed by atoms with Gasteiger partial charge in [-0.3, -0.25) is 33.6 Å². The molecule has 1 aliphatic rings. The summed E-state index contributed by atoms with van der Waals surface area (Å²) >= 11 is 0. The fourth-order valence-electron chi connectivity index (χ4n) is 4.69. The zero-order chi connectivity index (χ0) is 34.1. The summed E-state index contributed by atoms with van der Waals surface area (Å²) in [4.78, 5) is 99.4. The first kappa shape index (κ1) is 38.9. The number of aliphatic hydroxyl groups is 1. The molecule has 1 heterocycles. The molecule has 1 aliphatic heterocycles. The maximum Gasteiger partial charge on any atom is 0.303 e. The number of aliphatic hydroxyl groups excluding tert-OH is 1. The van der Waals surface area contributed by atoms with E-state index in [1.165, 1.54) is 11.8 Å². The Morgan fingerprint density at radius 2 is 1.58 bits per heavy atom. The highest BCUT2D eigenvalue weighted by molar-refractivity contribution is 5.96. The summed E-state index contributed by atoms with van der Waals surface area (Å²) in [5.41, 5.74) is 16.7. The summed E-state index contributed by atoms with van der Waals surface area (Å²) < 4.78 is 0. The van der Waals surface area contributed by atoms with Gasteiger partial charge in [0.15, 0.2) is 0 Å². The van der Waals surface area contributed by atoms with Crippen LogP contribution in [0.4, 0.5) is 0 Å². The maximum atomic E-state index is 13.4. The van der Waals surface area contributed by atoms with Crippen molar-refractivity contribution in [3.8, 4) is 0 Å². The Balaban J connectivity index is 3.12. The molecule has 0 saturated carbocycles. The number of nitrogens with two attached hydrogens (primary N) is 3. The van der Waals surface area contributed by atoms with Gasteiger partial charge in [0, 0.05) is 19.4 Å². The summed E-state index contributed by atoms with van der Waals surface area (Å²) in [7, 11) is 0. The number of nitrogens with zero attached hydrogens (tertiary/aromatic N) is 1. The van der Waals surface area contributed by atoms with Crippen LogP contribution >= 0.6 is 0 Å². The number of likely N-dealkylation sites (tertiary alicyclic amines) is 1. The van der Waals surface area contributed by atoms with Crippen LogP contribution in [-0.4, -0.2) is 119 Å². The zero-order valence-corrected chi connectivity index (χ0v) is 25.4. The predicted octanol–water partition coefficient (Wildman–Crippen LogP) is -4.29. The number of unbranched alkanes of at least 4 members (excludes halogenated alkanes) is 1. The van der Waals surface area contributed by atoms with Gasteiger partial charge in [-0.1, -0.05) is 0 Å². The van der Waals surface area contributed by atoms with E-state index in [1.807, 2.05) is 0 Å². The van der Waals surface area contributed by atoms with E-state index in [4.69, 9.17) is 22.3 Å². The third-order valence-corrected chi connectivity index (χ3v) is 7.14. The van der Waals surface area contributed by atoms with E-state index < -0.39 is 77.7 Å². The Kier molecular flexibility index (Phi) is 17.3. The smallest absolute Gasteiger partial charge is 0.303 e. The number of hydrogen-bond acceptors (Lipinski definition) is 11. The third-order valence-electron chi connectivity index (χ3n) is 7.14. The van der Waals surface area contributed by atoms with Crippen LogP contribution in [0.15, 0.2) is 0 Å². The maximum absolute atomic E-state index is 13.4. The van der Waals surface area contributed by atoms with Crippen LogP contribution in [0.1, 0.15) is 64.7 Å². The molecule has 18 nitrogen and oxygen atoms in total. The van der Waals surface area contributed by atoms with E-state index in [1.54, 1.807) is 0 Å². The molecular weight excluding hydrogens is 596 g/mol. The van der Waals surface area contributed by atoms with E-state index in [0.29, 0.717) is 32.1 Å². The third kappa shape index (κ3) is 13.6. The number of aldehydes is 1. The quantitative estimate of drug-likeness (QED) is 0.0424. The van der Waals surface area contributed by atoms with Crippen molar-refractivity contribution in [3.05, 3.63) is 0 Å². The topological polar surface area (TPSA) is 306 Å². The lowest BCUT2D eigenvalue weighted by atomic mass is 10.0. The molecule has 1 rings (SSSR count). The molecule has 0 bridgehead atoms. The largest absolute Gasteiger partial charge is 0.481 e. The minimum absolute atomic E-state index is 0.0993. The second-order valence-electron chi connectivity index (χ2n) is 10.8. The molecule has 18 heteroatoms. The van der Waals surface area contributed by atoms with Crippen LogP contribution in [0.2, 0.25) is 0 Å². The molecule has 0 unspecified atom stereocenters. The molecular formula is C27H46N8O10. The Morgan fingerprint density at radius 1 is 0.933 bits per heavy atom. The number of amides is 6. The molecule has 6 amide bonds. The van der Waals surface area contributed by atoms with E-state index in [-0.39, 0.29) is 51.6 Å². The van der Waals surface area contributed by atoms with E-state index in [2.05, 4.69) is 21.3 Å². The number of carbonyl (C=O) groups is 8. The van der Waals surface area contributed by atoms with Gasteiger partial charge in [-0.25, -0.2) is 0 Å². The number of carbonyl (C=O) groups excluding carboxylic acids is 7. The fourth-order valence-corrected chi connectivity index (χ4v) is 4.69. The molecule has 0 aromatic rings. The number of aliphatic carboxylic acids is 1. The monoisotopic (exact) mass is 642 g/mol. The number of carboxylic acids is 1. The summed E-state index contributed by atoms with van der Waals surface area (Å²) in [6.07, 6.45) is -0.296. The Bertz CT molecular complexity index is 1070. The Morgan fingerprint density at radius 3 is 2.16 bits per heavy atom. The summed E-state index contributed by atoms with van der Waals surface area (Å²) in [6, 6.07) is -6.22. The molecule has 0 radical (unpaired) electrons. The lowest BCUT2D eigenvalue weighted by molar-refractivity contribution is -0.141. The molecule has 0 aromatic carbocycles. The van der Waals surface area contributed by atoms with Crippen molar-refractivity contribution in [1.82, 2.24) is 26.2 Å². The van der Waals surface area contributed by atoms with E-state index in [0.717, 1.165) is 0 Å². The molecule has 0 spiro atoms. The molecule has 254 valence electrons. The van der Waals surface area contributed by atoms with Gasteiger partial charge in [-0.2, -0.15) is 0 Å². The van der Waals surface area contributed by atoms with Crippen molar-refractivity contribution < 1.29 is 48.6 Å². The van der Waals surface area contributed by atoms with Gasteiger partial charge in [0.1, 0.15) is 30.5 Å². The normalized spacial score (nSPS) is 17.6. The highest BCUT2D eigenvalue weighted by Gasteiger charge is 2.38. The molecule has 6 atom stereocenters. The molecule has 0 aromatic heterocycles. The van der Waals surface area contributed by atoms with Crippen LogP contribution < -0.4 is 38.5 Å². The van der Waals surface area contributed by atoms with Crippen LogP contribution in [0.3, 0.4) is 0 Å². The van der Waals surface area contributed by atoms with Crippen LogP contribution in [0.5, 0.6) is 0 Å². The van der Waals surface area contributed by atoms with Crippen LogP contribution in [0.25, 0.3) is 0 Å². The molecule has 1 saturated heterocycles. The van der Waals surface area contributed by atoms with Crippen molar-refractivity contribution in [1.29, 1.82) is 0 Å². The standard InChI is InChI=1S/C27H46N8O10/c1-15(37)22(26(44)31-12-14-36)34-24(42)18(8-9-20(30)38)32-23(41)17(5-2-3-11-28)33-25(43)19-6-4-13-35(19)27(45)16(29)7-10-21(39)40/h14-19,22,37H,2-13,28-29H2,1H3,(H2,30,38)(H,31,44)(H,32,41)(H,33,43)(H,34,42)(H,39,40)/t15-,16+,17+,18+,19+,22+/m1/s1. The van der Waals surface area contributed by atoms with Gasteiger partial charge < -0.3 is 58.4 Å². The van der Waals surface area contributed by atoms with Crippen molar-refractivity contribution in [3.63, 3.8) is 0 Å². The lowest BCUT2D eigenvalue weighted by Gasteiger charge is -2.29. The molecule has 0 aliphatic carbocycles. The number of primary amides is 1. The highest BCUT2D eigenvalue weighted by atomic mass is 16.4. The van der Waals surface area contributed by atoms with E-state index >= 15 is 0 Å². The first-order valence-corrected chi connectivity index (χ1v) is 14.8. The van der Waals surface area contributed by atoms with Crippen LogP contribution in [0, 0.1) is 0 Å². The average molecular weight is 643 g/mol. The zero-order valence-electron chi connectivity index (χ0n) is 25.4. The SMILES string of the molecule is C[C@@H](O)[C@H](NC(=O)[C@H](CCC(N)=O)NC(=O)[C@H](CCCCN)NC(=O)[C@@H]1CCCN1C(=O)[C@@H](N)CCC(=O)O)C(=O)NCC=O. The number of hydrogen-bond donors (Lipinski definition) is 9. The van der Waals surface area contributed by atoms with E-state index in [9.17, 15) is 43.5 Å². The van der Waals surface area contributed by atoms with Crippen LogP contribution in [-0.2, 0) is 38.4 Å². The van der Waals surface area contributed by atoms with Crippen molar-refractivity contribution >= 4 is 47.7 Å². The fraction of sp³-hybridized carbons (Fsp3) is 0.704. The Labute approximate surface area is 260 Å². The van der Waals surface area contributed by atoms with Gasteiger partial charge in [-0.15, -0.1) is 0 Å². The molecule has 12 N–H and O–H groups in total. The second-order valence-corrected chi connectivity index (χ2v) is 10.8. The lowest BCUT2D eigenvalue weighted by Crippen LogP contribution is -2.60. The Hall–Kier alpha value is -4.16. The van der Waals surface area contributed by atoms with Crippen molar-refractivity contribution in [2.45, 2.75) is 101 Å². The highest BCUT2D eigenvalue weighted by Crippen LogP contribution is 2.20. The average Bonchev–Trinajstić information content (AvgIpc) is 3.48. The van der Waals surface area contributed by atoms with Gasteiger partial charge in [0.25, 0.3) is 0 Å². The molecule has 1 fully saturated rings. The predicted molar refractivity (Wildman–Crippen MR) is 157 cm³/mol. The van der Waals surface area contributed by atoms with Crippen molar-refractivity contribution in [2.75, 3.05) is 19.6 Å². The van der Waals surface area contributed by atoms with Gasteiger partial charge in [0.05, 0.1) is 18.7 Å². The number of rotatable bonds is 21. The minimum atomic E-state index is -1.50. The van der Waals surface area contributed by atoms with Gasteiger partial charge in [-0.05, 0) is 58.4 Å². The van der Waals surface area contributed by atoms with Gasteiger partial charge in [0.2, 0.25) is 35.4 Å². The van der Waals surface area contributed by atoms with Gasteiger partial charge >= 0.3 is 5.97 Å². The van der Waals surface area contributed by atoms with Crippen molar-refractivity contribution in [2.24, 2.45) is 17.2 Å².